The molecule has 0 radical (unpaired) electrons. The summed E-state index contributed by atoms with van der Waals surface area (Å²) >= 11 is 0. The van der Waals surface area contributed by atoms with Crippen LogP contribution in [0.3, 0.4) is 0 Å². The Bertz CT molecular complexity index is 1570. The van der Waals surface area contributed by atoms with Crippen LogP contribution in [0.25, 0.3) is 11.1 Å². The van der Waals surface area contributed by atoms with Gasteiger partial charge in [0.2, 0.25) is 0 Å². The molecule has 0 bridgehead atoms. The number of carbonyl (C=O) groups excluding carboxylic acids is 3. The molecule has 4 aromatic carbocycles. The van der Waals surface area contributed by atoms with Crippen molar-refractivity contribution in [3.05, 3.63) is 119 Å². The lowest BCUT2D eigenvalue weighted by atomic mass is 10.0. The van der Waals surface area contributed by atoms with Crippen LogP contribution < -0.4 is 10.6 Å². The number of phenols is 1. The third-order valence-corrected chi connectivity index (χ3v) is 6.06. The van der Waals surface area contributed by atoms with E-state index in [0.717, 1.165) is 16.7 Å². The van der Waals surface area contributed by atoms with Gasteiger partial charge in [0.05, 0.1) is 5.56 Å². The summed E-state index contributed by atoms with van der Waals surface area (Å²) in [5.74, 6) is -1.72. The summed E-state index contributed by atoms with van der Waals surface area (Å²) in [5, 5.41) is 15.0. The maximum atomic E-state index is 12.8. The van der Waals surface area contributed by atoms with E-state index in [1.165, 1.54) is 25.1 Å². The number of esters is 1. The van der Waals surface area contributed by atoms with Crippen LogP contribution in [0, 0.1) is 6.92 Å². The van der Waals surface area contributed by atoms with Crippen LogP contribution in [0.5, 0.6) is 5.75 Å². The number of nitrogens with one attached hydrogen (secondary N) is 2. The van der Waals surface area contributed by atoms with E-state index in [2.05, 4.69) is 15.4 Å². The Balaban J connectivity index is 1.34. The van der Waals surface area contributed by atoms with Crippen molar-refractivity contribution >= 4 is 23.5 Å². The van der Waals surface area contributed by atoms with Gasteiger partial charge in [-0.25, -0.2) is 4.79 Å². The summed E-state index contributed by atoms with van der Waals surface area (Å²) in [6, 6.07) is 24.6. The van der Waals surface area contributed by atoms with E-state index in [-0.39, 0.29) is 34.9 Å². The molecule has 0 aliphatic rings. The maximum Gasteiger partial charge on any atom is 0.422 e. The molecule has 0 fully saturated rings. The highest BCUT2D eigenvalue weighted by atomic mass is 19.4. The number of amides is 2. The van der Waals surface area contributed by atoms with Gasteiger partial charge in [0, 0.05) is 23.4 Å². The molecule has 4 aromatic rings. The SMILES string of the molecule is Cc1cc(C(=O)Nc2cccc(CNC(=O)c3ccc(-c4ccc(O)cc4)cc3)c2)ccc1C(=O)OCC(F)(F)F. The zero-order valence-electron chi connectivity index (χ0n) is 21.8. The van der Waals surface area contributed by atoms with Crippen LogP contribution in [-0.2, 0) is 11.3 Å². The number of hydrogen-bond donors (Lipinski definition) is 3. The fourth-order valence-corrected chi connectivity index (χ4v) is 3.97. The summed E-state index contributed by atoms with van der Waals surface area (Å²) in [6.45, 7) is -0.00111. The van der Waals surface area contributed by atoms with Gasteiger partial charge in [0.15, 0.2) is 6.61 Å². The van der Waals surface area contributed by atoms with Gasteiger partial charge in [-0.1, -0.05) is 36.4 Å². The first-order valence-corrected chi connectivity index (χ1v) is 12.4. The Labute approximate surface area is 233 Å². The first-order valence-electron chi connectivity index (χ1n) is 12.4. The number of phenolic OH excluding ortho intramolecular Hbond substituents is 1. The second kappa shape index (κ2) is 12.4. The molecule has 210 valence electrons. The van der Waals surface area contributed by atoms with Gasteiger partial charge < -0.3 is 20.5 Å². The van der Waals surface area contributed by atoms with Crippen LogP contribution >= 0.6 is 0 Å². The molecule has 0 saturated heterocycles. The summed E-state index contributed by atoms with van der Waals surface area (Å²) in [4.78, 5) is 37.4. The van der Waals surface area contributed by atoms with E-state index in [4.69, 9.17) is 0 Å². The van der Waals surface area contributed by atoms with Gasteiger partial charge in [-0.3, -0.25) is 9.59 Å². The molecule has 7 nitrogen and oxygen atoms in total. The predicted octanol–water partition coefficient (Wildman–Crippen LogP) is 6.27. The first-order chi connectivity index (χ1) is 19.5. The highest BCUT2D eigenvalue weighted by Crippen LogP contribution is 2.23. The van der Waals surface area contributed by atoms with E-state index in [9.17, 15) is 32.7 Å². The fraction of sp³-hybridized carbons (Fsp3) is 0.129. The normalized spacial score (nSPS) is 11.0. The molecule has 0 saturated carbocycles. The van der Waals surface area contributed by atoms with Gasteiger partial charge >= 0.3 is 12.1 Å². The van der Waals surface area contributed by atoms with Crippen molar-refractivity contribution in [3.63, 3.8) is 0 Å². The van der Waals surface area contributed by atoms with Crippen LogP contribution in [-0.4, -0.2) is 35.7 Å². The van der Waals surface area contributed by atoms with Crippen molar-refractivity contribution in [1.82, 2.24) is 5.32 Å². The molecule has 0 aromatic heterocycles. The van der Waals surface area contributed by atoms with Crippen molar-refractivity contribution in [1.29, 1.82) is 0 Å². The number of halogens is 3. The molecule has 4 rings (SSSR count). The topological polar surface area (TPSA) is 105 Å². The third kappa shape index (κ3) is 7.95. The average Bonchev–Trinajstić information content (AvgIpc) is 2.95. The van der Waals surface area contributed by atoms with Crippen LogP contribution in [0.4, 0.5) is 18.9 Å². The van der Waals surface area contributed by atoms with E-state index >= 15 is 0 Å². The van der Waals surface area contributed by atoms with Crippen molar-refractivity contribution in [3.8, 4) is 16.9 Å². The Kier molecular flexibility index (Phi) is 8.72. The van der Waals surface area contributed by atoms with Gasteiger partial charge in [0.25, 0.3) is 11.8 Å². The van der Waals surface area contributed by atoms with Crippen molar-refractivity contribution in [2.24, 2.45) is 0 Å². The molecule has 0 spiro atoms. The second-order valence-electron chi connectivity index (χ2n) is 9.18. The van der Waals surface area contributed by atoms with Crippen LogP contribution in [0.1, 0.15) is 42.2 Å². The molecule has 3 N–H and O–H groups in total. The lowest BCUT2D eigenvalue weighted by Crippen LogP contribution is -2.22. The van der Waals surface area contributed by atoms with Crippen LogP contribution in [0.15, 0.2) is 91.0 Å². The maximum absolute atomic E-state index is 12.8. The molecule has 0 heterocycles. The second-order valence-corrected chi connectivity index (χ2v) is 9.18. The smallest absolute Gasteiger partial charge is 0.422 e. The molecule has 0 unspecified atom stereocenters. The zero-order valence-corrected chi connectivity index (χ0v) is 21.8. The highest BCUT2D eigenvalue weighted by Gasteiger charge is 2.30. The van der Waals surface area contributed by atoms with Gasteiger partial charge in [-0.15, -0.1) is 0 Å². The van der Waals surface area contributed by atoms with Crippen molar-refractivity contribution in [2.45, 2.75) is 19.6 Å². The average molecular weight is 563 g/mol. The van der Waals surface area contributed by atoms with Gasteiger partial charge in [0.1, 0.15) is 5.75 Å². The first kappa shape index (κ1) is 28.9. The lowest BCUT2D eigenvalue weighted by Gasteiger charge is -2.11. The third-order valence-electron chi connectivity index (χ3n) is 6.06. The molecule has 41 heavy (non-hydrogen) atoms. The number of aromatic hydroxyl groups is 1. The van der Waals surface area contributed by atoms with Gasteiger partial charge in [-0.05, 0) is 83.8 Å². The Morgan fingerprint density at radius 1 is 0.805 bits per heavy atom. The highest BCUT2D eigenvalue weighted by molar-refractivity contribution is 6.05. The molecule has 10 heteroatoms. The Morgan fingerprint density at radius 3 is 2.07 bits per heavy atom. The predicted molar refractivity (Wildman–Crippen MR) is 147 cm³/mol. The van der Waals surface area contributed by atoms with E-state index < -0.39 is 24.7 Å². The summed E-state index contributed by atoms with van der Waals surface area (Å²) in [7, 11) is 0. The summed E-state index contributed by atoms with van der Waals surface area (Å²) < 4.78 is 41.2. The Morgan fingerprint density at radius 2 is 1.44 bits per heavy atom. The summed E-state index contributed by atoms with van der Waals surface area (Å²) in [5.41, 5.74) is 3.89. The molecule has 2 amide bonds. The molecule has 0 atom stereocenters. The number of ether oxygens (including phenoxy) is 1. The number of benzene rings is 4. The van der Waals surface area contributed by atoms with E-state index in [1.807, 2.05) is 12.1 Å². The summed E-state index contributed by atoms with van der Waals surface area (Å²) in [6.07, 6.45) is -4.64. The molecular weight excluding hydrogens is 537 g/mol. The van der Waals surface area contributed by atoms with Crippen molar-refractivity contribution < 1.29 is 37.4 Å². The number of anilines is 1. The number of carbonyl (C=O) groups is 3. The lowest BCUT2D eigenvalue weighted by molar-refractivity contribution is -0.161. The number of alkyl halides is 3. The fourth-order valence-electron chi connectivity index (χ4n) is 3.97. The molecule has 0 aliphatic carbocycles. The van der Waals surface area contributed by atoms with E-state index in [0.29, 0.717) is 11.3 Å². The van der Waals surface area contributed by atoms with Gasteiger partial charge in [-0.2, -0.15) is 13.2 Å². The molecule has 0 aliphatic heterocycles. The number of hydrogen-bond acceptors (Lipinski definition) is 5. The zero-order chi connectivity index (χ0) is 29.6. The number of rotatable bonds is 8. The minimum atomic E-state index is -4.64. The van der Waals surface area contributed by atoms with E-state index in [1.54, 1.807) is 60.7 Å². The standard InChI is InChI=1S/C31H25F3N2O5/c1-19-15-24(11-14-27(19)30(40)41-18-31(32,33)34)29(39)36-25-4-2-3-20(16-25)17-35-28(38)23-7-5-21(6-8-23)22-9-12-26(37)13-10-22/h2-16,37H,17-18H2,1H3,(H,35,38)(H,36,39). The minimum Gasteiger partial charge on any atom is -0.508 e. The monoisotopic (exact) mass is 562 g/mol. The quantitative estimate of drug-likeness (QED) is 0.220. The largest absolute Gasteiger partial charge is 0.508 e. The molecular formula is C31H25F3N2O5. The number of aryl methyl sites for hydroxylation is 1. The van der Waals surface area contributed by atoms with Crippen molar-refractivity contribution in [2.75, 3.05) is 11.9 Å². The minimum absolute atomic E-state index is 0.0708. The Hall–Kier alpha value is -5.12. The van der Waals surface area contributed by atoms with Crippen LogP contribution in [0.2, 0.25) is 0 Å².